The quantitative estimate of drug-likeness (QED) is 0.501. The Bertz CT molecular complexity index is 1270. The van der Waals surface area contributed by atoms with E-state index in [1.807, 2.05) is 60.7 Å². The molecule has 31 heavy (non-hydrogen) atoms. The number of hydrogen-bond donors (Lipinski definition) is 1. The van der Waals surface area contributed by atoms with E-state index in [-0.39, 0.29) is 17.3 Å². The molecule has 8 nitrogen and oxygen atoms in total. The second-order valence-corrected chi connectivity index (χ2v) is 7.71. The van der Waals surface area contributed by atoms with Gasteiger partial charge in [0, 0.05) is 25.3 Å². The zero-order valence-electron chi connectivity index (χ0n) is 16.9. The zero-order chi connectivity index (χ0) is 21.8. The third-order valence-corrected chi connectivity index (χ3v) is 5.35. The fraction of sp³-hybridized carbons (Fsp3) is 0.136. The summed E-state index contributed by atoms with van der Waals surface area (Å²) in [5.74, 6) is -0.570. The summed E-state index contributed by atoms with van der Waals surface area (Å²) in [5.41, 5.74) is 2.01. The van der Waals surface area contributed by atoms with Crippen molar-refractivity contribution in [1.29, 1.82) is 0 Å². The summed E-state index contributed by atoms with van der Waals surface area (Å²) in [6.45, 7) is 0.290. The van der Waals surface area contributed by atoms with E-state index < -0.39 is 11.5 Å². The van der Waals surface area contributed by atoms with E-state index in [4.69, 9.17) is 4.74 Å². The third-order valence-electron chi connectivity index (χ3n) is 4.54. The normalized spacial score (nSPS) is 10.8. The first kappa shape index (κ1) is 20.6. The molecule has 0 radical (unpaired) electrons. The van der Waals surface area contributed by atoms with Crippen LogP contribution in [0.25, 0.3) is 22.4 Å². The summed E-state index contributed by atoms with van der Waals surface area (Å²) in [4.78, 5) is 26.4. The number of nitrogens with zero attached hydrogens (tertiary/aromatic N) is 4. The lowest BCUT2D eigenvalue weighted by atomic mass is 9.95. The summed E-state index contributed by atoms with van der Waals surface area (Å²) in [5, 5.41) is 16.0. The van der Waals surface area contributed by atoms with Crippen LogP contribution in [0, 0.1) is 0 Å². The number of anilines is 1. The Morgan fingerprint density at radius 3 is 2.32 bits per heavy atom. The van der Waals surface area contributed by atoms with E-state index in [9.17, 15) is 9.59 Å². The maximum atomic E-state index is 13.3. The Morgan fingerprint density at radius 2 is 1.68 bits per heavy atom. The van der Waals surface area contributed by atoms with Gasteiger partial charge in [0.1, 0.15) is 17.2 Å². The summed E-state index contributed by atoms with van der Waals surface area (Å²) in [7, 11) is 3.08. The van der Waals surface area contributed by atoms with Gasteiger partial charge in [-0.15, -0.1) is 10.2 Å². The van der Waals surface area contributed by atoms with Gasteiger partial charge in [-0.1, -0.05) is 72.0 Å². The first-order valence-corrected chi connectivity index (χ1v) is 10.2. The van der Waals surface area contributed by atoms with Crippen LogP contribution in [-0.2, 0) is 18.4 Å². The molecule has 0 saturated heterocycles. The van der Waals surface area contributed by atoms with Crippen molar-refractivity contribution in [3.05, 3.63) is 81.6 Å². The number of carbonyl (C=O) groups excluding carboxylic acids is 1. The molecule has 2 aromatic heterocycles. The Balaban J connectivity index is 1.89. The summed E-state index contributed by atoms with van der Waals surface area (Å²) < 4.78 is 6.22. The van der Waals surface area contributed by atoms with Gasteiger partial charge in [0.15, 0.2) is 0 Å². The van der Waals surface area contributed by atoms with Crippen LogP contribution in [-0.4, -0.2) is 33.0 Å². The molecule has 0 bridgehead atoms. The number of rotatable bonds is 6. The average Bonchev–Trinajstić information content (AvgIpc) is 3.23. The average molecular weight is 433 g/mol. The SMILES string of the molecule is COCc1nnc(NC(=O)c2c(-c3ccccc3)c(-c3ccccc3)nn(C)c2=O)s1. The highest BCUT2D eigenvalue weighted by Crippen LogP contribution is 2.32. The predicted octanol–water partition coefficient (Wildman–Crippen LogP) is 3.36. The molecule has 1 amide bonds. The van der Waals surface area contributed by atoms with E-state index in [2.05, 4.69) is 20.6 Å². The van der Waals surface area contributed by atoms with Crippen molar-refractivity contribution in [3.8, 4) is 22.4 Å². The van der Waals surface area contributed by atoms with Crippen LogP contribution in [0.2, 0.25) is 0 Å². The van der Waals surface area contributed by atoms with Crippen molar-refractivity contribution in [3.63, 3.8) is 0 Å². The van der Waals surface area contributed by atoms with Crippen molar-refractivity contribution in [2.24, 2.45) is 7.05 Å². The number of hydrogen-bond acceptors (Lipinski definition) is 7. The monoisotopic (exact) mass is 433 g/mol. The fourth-order valence-corrected chi connectivity index (χ4v) is 3.88. The van der Waals surface area contributed by atoms with Crippen molar-refractivity contribution in [2.45, 2.75) is 6.61 Å². The highest BCUT2D eigenvalue weighted by molar-refractivity contribution is 7.15. The number of amides is 1. The topological polar surface area (TPSA) is 99.0 Å². The largest absolute Gasteiger partial charge is 0.377 e. The molecule has 0 unspecified atom stereocenters. The van der Waals surface area contributed by atoms with Crippen LogP contribution >= 0.6 is 11.3 Å². The maximum absolute atomic E-state index is 13.3. The Labute approximate surface area is 182 Å². The van der Waals surface area contributed by atoms with Gasteiger partial charge in [-0.3, -0.25) is 14.9 Å². The van der Waals surface area contributed by atoms with Crippen LogP contribution in [0.5, 0.6) is 0 Å². The molecular formula is C22H19N5O3S. The minimum absolute atomic E-state index is 0.00829. The number of nitrogens with one attached hydrogen (secondary N) is 1. The zero-order valence-corrected chi connectivity index (χ0v) is 17.7. The molecule has 9 heteroatoms. The predicted molar refractivity (Wildman–Crippen MR) is 119 cm³/mol. The number of aryl methyl sites for hydroxylation is 1. The minimum atomic E-state index is -0.570. The first-order chi connectivity index (χ1) is 15.1. The van der Waals surface area contributed by atoms with Crippen LogP contribution in [0.15, 0.2) is 65.5 Å². The second-order valence-electron chi connectivity index (χ2n) is 6.65. The van der Waals surface area contributed by atoms with Crippen molar-refractivity contribution in [1.82, 2.24) is 20.0 Å². The van der Waals surface area contributed by atoms with Crippen LogP contribution in [0.3, 0.4) is 0 Å². The fourth-order valence-electron chi connectivity index (χ4n) is 3.17. The van der Waals surface area contributed by atoms with Crippen molar-refractivity contribution >= 4 is 22.4 Å². The standard InChI is InChI=1S/C22H19N5O3S/c1-27-21(29)18(20(28)23-22-25-24-16(31-22)13-30-2)17(14-9-5-3-6-10-14)19(26-27)15-11-7-4-8-12-15/h3-12H,13H2,1-2H3,(H,23,25,28). The molecule has 2 aromatic carbocycles. The first-order valence-electron chi connectivity index (χ1n) is 9.43. The molecule has 0 saturated carbocycles. The van der Waals surface area contributed by atoms with Gasteiger partial charge in [0.05, 0.1) is 5.69 Å². The third kappa shape index (κ3) is 4.27. The Hall–Kier alpha value is -3.69. The molecule has 2 heterocycles. The van der Waals surface area contributed by atoms with Crippen molar-refractivity contribution in [2.75, 3.05) is 12.4 Å². The lowest BCUT2D eigenvalue weighted by molar-refractivity contribution is 0.102. The minimum Gasteiger partial charge on any atom is -0.377 e. The Kier molecular flexibility index (Phi) is 5.96. The molecule has 0 fully saturated rings. The molecule has 0 atom stereocenters. The van der Waals surface area contributed by atoms with E-state index in [1.54, 1.807) is 7.11 Å². The molecule has 0 aliphatic rings. The lowest BCUT2D eigenvalue weighted by Crippen LogP contribution is -2.31. The van der Waals surface area contributed by atoms with Gasteiger partial charge in [-0.25, -0.2) is 4.68 Å². The van der Waals surface area contributed by atoms with E-state index >= 15 is 0 Å². The van der Waals surface area contributed by atoms with E-state index in [0.717, 1.165) is 5.56 Å². The molecule has 156 valence electrons. The van der Waals surface area contributed by atoms with E-state index in [1.165, 1.54) is 23.1 Å². The highest BCUT2D eigenvalue weighted by Gasteiger charge is 2.25. The summed E-state index contributed by atoms with van der Waals surface area (Å²) in [6.07, 6.45) is 0. The molecule has 0 aliphatic carbocycles. The van der Waals surface area contributed by atoms with Crippen LogP contribution < -0.4 is 10.9 Å². The number of benzene rings is 2. The molecule has 1 N–H and O–H groups in total. The van der Waals surface area contributed by atoms with Gasteiger partial charge in [-0.2, -0.15) is 5.10 Å². The van der Waals surface area contributed by atoms with E-state index in [0.29, 0.717) is 21.8 Å². The van der Waals surface area contributed by atoms with Gasteiger partial charge in [0.25, 0.3) is 11.5 Å². The Morgan fingerprint density at radius 1 is 1.03 bits per heavy atom. The van der Waals surface area contributed by atoms with Crippen LogP contribution in [0.4, 0.5) is 5.13 Å². The molecule has 0 aliphatic heterocycles. The molecule has 4 aromatic rings. The number of aromatic nitrogens is 4. The molecular weight excluding hydrogens is 414 g/mol. The maximum Gasteiger partial charge on any atom is 0.280 e. The summed E-state index contributed by atoms with van der Waals surface area (Å²) in [6, 6.07) is 18.7. The van der Waals surface area contributed by atoms with Crippen molar-refractivity contribution < 1.29 is 9.53 Å². The summed E-state index contributed by atoms with van der Waals surface area (Å²) >= 11 is 1.19. The van der Waals surface area contributed by atoms with Gasteiger partial charge >= 0.3 is 0 Å². The van der Waals surface area contributed by atoms with Gasteiger partial charge in [0.2, 0.25) is 5.13 Å². The van der Waals surface area contributed by atoms with Gasteiger partial charge in [-0.05, 0) is 5.56 Å². The smallest absolute Gasteiger partial charge is 0.280 e. The van der Waals surface area contributed by atoms with Crippen LogP contribution in [0.1, 0.15) is 15.4 Å². The number of methoxy groups -OCH3 is 1. The second kappa shape index (κ2) is 8.99. The number of carbonyl (C=O) groups is 1. The van der Waals surface area contributed by atoms with Gasteiger partial charge < -0.3 is 4.74 Å². The number of ether oxygens (including phenoxy) is 1. The lowest BCUT2D eigenvalue weighted by Gasteiger charge is -2.15. The molecule has 0 spiro atoms. The molecule has 4 rings (SSSR count). The highest BCUT2D eigenvalue weighted by atomic mass is 32.1.